The summed E-state index contributed by atoms with van der Waals surface area (Å²) < 4.78 is 0. The highest BCUT2D eigenvalue weighted by atomic mass is 35.5. The number of hydrogen-bond acceptors (Lipinski definition) is 3. The van der Waals surface area contributed by atoms with E-state index in [4.69, 9.17) is 11.6 Å². The van der Waals surface area contributed by atoms with Crippen molar-refractivity contribution in [3.8, 4) is 0 Å². The van der Waals surface area contributed by atoms with Crippen LogP contribution in [-0.2, 0) is 0 Å². The van der Waals surface area contributed by atoms with Crippen LogP contribution in [0.15, 0.2) is 5.38 Å². The highest BCUT2D eigenvalue weighted by Gasteiger charge is 2.09. The summed E-state index contributed by atoms with van der Waals surface area (Å²) in [5.74, 6) is 0. The van der Waals surface area contributed by atoms with E-state index in [0.29, 0.717) is 5.15 Å². The summed E-state index contributed by atoms with van der Waals surface area (Å²) in [4.78, 5) is 6.68. The Kier molecular flexibility index (Phi) is 6.03. The molecule has 0 saturated heterocycles. The van der Waals surface area contributed by atoms with Gasteiger partial charge in [0, 0.05) is 18.5 Å². The van der Waals surface area contributed by atoms with E-state index in [2.05, 4.69) is 23.7 Å². The summed E-state index contributed by atoms with van der Waals surface area (Å²) in [6.07, 6.45) is 4.89. The number of rotatable bonds is 7. The molecule has 4 heteroatoms. The Morgan fingerprint density at radius 1 is 1.27 bits per heavy atom. The molecular weight excluding hydrogens is 228 g/mol. The van der Waals surface area contributed by atoms with Crippen LogP contribution in [0.5, 0.6) is 0 Å². The molecule has 0 aliphatic heterocycles. The van der Waals surface area contributed by atoms with Gasteiger partial charge in [-0.25, -0.2) is 4.98 Å². The third-order valence-corrected chi connectivity index (χ3v) is 3.52. The predicted octanol–water partition coefficient (Wildman–Crippen LogP) is 4.20. The predicted molar refractivity (Wildman–Crippen MR) is 69.2 cm³/mol. The van der Waals surface area contributed by atoms with Gasteiger partial charge >= 0.3 is 0 Å². The van der Waals surface area contributed by atoms with Crippen molar-refractivity contribution < 1.29 is 0 Å². The maximum absolute atomic E-state index is 5.85. The van der Waals surface area contributed by atoms with Crippen LogP contribution in [0.2, 0.25) is 5.15 Å². The van der Waals surface area contributed by atoms with Gasteiger partial charge in [-0.2, -0.15) is 0 Å². The molecule has 15 heavy (non-hydrogen) atoms. The monoisotopic (exact) mass is 246 g/mol. The van der Waals surface area contributed by atoms with Gasteiger partial charge in [-0.05, 0) is 12.8 Å². The molecule has 0 aromatic carbocycles. The summed E-state index contributed by atoms with van der Waals surface area (Å²) in [5, 5.41) is 3.59. The summed E-state index contributed by atoms with van der Waals surface area (Å²) in [6.45, 7) is 6.63. The molecule has 2 nitrogen and oxygen atoms in total. The first-order valence-corrected chi connectivity index (χ1v) is 6.89. The average molecular weight is 247 g/mol. The highest BCUT2D eigenvalue weighted by molar-refractivity contribution is 7.14. The van der Waals surface area contributed by atoms with Crippen LogP contribution < -0.4 is 4.90 Å². The SMILES string of the molecule is CCCCN(CCCC)c1nc(Cl)cs1. The molecule has 0 amide bonds. The van der Waals surface area contributed by atoms with Crippen LogP contribution in [0.3, 0.4) is 0 Å². The molecule has 0 unspecified atom stereocenters. The van der Waals surface area contributed by atoms with Crippen LogP contribution in [0.1, 0.15) is 39.5 Å². The van der Waals surface area contributed by atoms with Crippen molar-refractivity contribution in [3.63, 3.8) is 0 Å². The maximum Gasteiger partial charge on any atom is 0.186 e. The van der Waals surface area contributed by atoms with Crippen molar-refractivity contribution in [1.82, 2.24) is 4.98 Å². The number of hydrogen-bond donors (Lipinski definition) is 0. The van der Waals surface area contributed by atoms with Crippen molar-refractivity contribution in [2.75, 3.05) is 18.0 Å². The molecule has 0 spiro atoms. The van der Waals surface area contributed by atoms with Crippen molar-refractivity contribution in [2.45, 2.75) is 39.5 Å². The number of aromatic nitrogens is 1. The van der Waals surface area contributed by atoms with Gasteiger partial charge in [-0.3, -0.25) is 0 Å². The second-order valence-corrected chi connectivity index (χ2v) is 4.87. The first kappa shape index (κ1) is 12.8. The molecular formula is C11H19ClN2S. The largest absolute Gasteiger partial charge is 0.348 e. The molecule has 0 radical (unpaired) electrons. The number of unbranched alkanes of at least 4 members (excludes halogenated alkanes) is 2. The van der Waals surface area contributed by atoms with E-state index in [1.165, 1.54) is 25.7 Å². The second kappa shape index (κ2) is 7.07. The van der Waals surface area contributed by atoms with E-state index >= 15 is 0 Å². The van der Waals surface area contributed by atoms with Gasteiger partial charge in [0.1, 0.15) is 5.15 Å². The number of halogens is 1. The van der Waals surface area contributed by atoms with Gasteiger partial charge in [0.05, 0.1) is 0 Å². The molecule has 1 heterocycles. The number of nitrogens with zero attached hydrogens (tertiary/aromatic N) is 2. The van der Waals surface area contributed by atoms with Gasteiger partial charge < -0.3 is 4.90 Å². The highest BCUT2D eigenvalue weighted by Crippen LogP contribution is 2.23. The Morgan fingerprint density at radius 3 is 2.27 bits per heavy atom. The smallest absolute Gasteiger partial charge is 0.186 e. The molecule has 0 atom stereocenters. The van der Waals surface area contributed by atoms with Gasteiger partial charge in [0.15, 0.2) is 5.13 Å². The minimum Gasteiger partial charge on any atom is -0.348 e. The summed E-state index contributed by atoms with van der Waals surface area (Å²) >= 11 is 7.49. The fourth-order valence-electron chi connectivity index (χ4n) is 1.39. The molecule has 0 saturated carbocycles. The zero-order valence-corrected chi connectivity index (χ0v) is 11.1. The lowest BCUT2D eigenvalue weighted by atomic mass is 10.3. The summed E-state index contributed by atoms with van der Waals surface area (Å²) in [5.41, 5.74) is 0. The molecule has 1 rings (SSSR count). The Hall–Kier alpha value is -0.280. The standard InChI is InChI=1S/C11H19ClN2S/c1-3-5-7-14(8-6-4-2)11-13-10(12)9-15-11/h9H,3-8H2,1-2H3. The first-order valence-electron chi connectivity index (χ1n) is 5.63. The van der Waals surface area contributed by atoms with Crippen LogP contribution in [-0.4, -0.2) is 18.1 Å². The lowest BCUT2D eigenvalue weighted by Gasteiger charge is -2.21. The van der Waals surface area contributed by atoms with Gasteiger partial charge in [0.25, 0.3) is 0 Å². The van der Waals surface area contributed by atoms with E-state index in [1.807, 2.05) is 5.38 Å². The second-order valence-electron chi connectivity index (χ2n) is 3.65. The van der Waals surface area contributed by atoms with Crippen molar-refractivity contribution >= 4 is 28.1 Å². The quantitative estimate of drug-likeness (QED) is 0.717. The molecule has 0 aliphatic rings. The Labute approximate surface area is 101 Å². The molecule has 0 N–H and O–H groups in total. The van der Waals surface area contributed by atoms with Crippen molar-refractivity contribution in [2.24, 2.45) is 0 Å². The summed E-state index contributed by atoms with van der Waals surface area (Å²) in [7, 11) is 0. The average Bonchev–Trinajstić information content (AvgIpc) is 2.65. The minimum atomic E-state index is 0.619. The van der Waals surface area contributed by atoms with E-state index in [1.54, 1.807) is 11.3 Å². The van der Waals surface area contributed by atoms with Crippen molar-refractivity contribution in [3.05, 3.63) is 10.5 Å². The topological polar surface area (TPSA) is 16.1 Å². The number of thiazole rings is 1. The van der Waals surface area contributed by atoms with Crippen LogP contribution in [0.4, 0.5) is 5.13 Å². The molecule has 0 aliphatic carbocycles. The maximum atomic E-state index is 5.85. The minimum absolute atomic E-state index is 0.619. The Bertz CT molecular complexity index is 267. The van der Waals surface area contributed by atoms with Gasteiger partial charge in [0.2, 0.25) is 0 Å². The normalized spacial score (nSPS) is 10.6. The Morgan fingerprint density at radius 2 is 1.87 bits per heavy atom. The number of anilines is 1. The van der Waals surface area contributed by atoms with Crippen LogP contribution >= 0.6 is 22.9 Å². The van der Waals surface area contributed by atoms with Crippen molar-refractivity contribution in [1.29, 1.82) is 0 Å². The first-order chi connectivity index (χ1) is 7.27. The third kappa shape index (κ3) is 4.39. The van der Waals surface area contributed by atoms with E-state index in [-0.39, 0.29) is 0 Å². The fourth-order valence-corrected chi connectivity index (χ4v) is 2.39. The lowest BCUT2D eigenvalue weighted by Crippen LogP contribution is -2.25. The zero-order valence-electron chi connectivity index (χ0n) is 9.50. The van der Waals surface area contributed by atoms with E-state index in [0.717, 1.165) is 18.2 Å². The Balaban J connectivity index is 2.54. The van der Waals surface area contributed by atoms with E-state index in [9.17, 15) is 0 Å². The zero-order chi connectivity index (χ0) is 11.1. The molecule has 0 bridgehead atoms. The van der Waals surface area contributed by atoms with Crippen LogP contribution in [0, 0.1) is 0 Å². The molecule has 1 aromatic rings. The van der Waals surface area contributed by atoms with Gasteiger partial charge in [-0.15, -0.1) is 11.3 Å². The fraction of sp³-hybridized carbons (Fsp3) is 0.727. The van der Waals surface area contributed by atoms with E-state index < -0.39 is 0 Å². The van der Waals surface area contributed by atoms with Gasteiger partial charge in [-0.1, -0.05) is 38.3 Å². The molecule has 0 fully saturated rings. The molecule has 1 aromatic heterocycles. The lowest BCUT2D eigenvalue weighted by molar-refractivity contribution is 0.676. The summed E-state index contributed by atoms with van der Waals surface area (Å²) in [6, 6.07) is 0. The third-order valence-electron chi connectivity index (χ3n) is 2.30. The van der Waals surface area contributed by atoms with Crippen LogP contribution in [0.25, 0.3) is 0 Å². The molecule has 86 valence electrons.